The number of carbonyl (C=O) groups is 2. The quantitative estimate of drug-likeness (QED) is 0.779. The van der Waals surface area contributed by atoms with E-state index < -0.39 is 5.41 Å². The third-order valence-electron chi connectivity index (χ3n) is 5.01. The van der Waals surface area contributed by atoms with Crippen molar-refractivity contribution >= 4 is 17.6 Å². The first-order chi connectivity index (χ1) is 12.4. The van der Waals surface area contributed by atoms with Gasteiger partial charge in [0.05, 0.1) is 11.5 Å². The minimum atomic E-state index is -0.470. The Kier molecular flexibility index (Phi) is 6.89. The second-order valence-corrected chi connectivity index (χ2v) is 7.36. The molecule has 1 aromatic carbocycles. The maximum atomic E-state index is 12.6. The summed E-state index contributed by atoms with van der Waals surface area (Å²) in [7, 11) is 3.54. The summed E-state index contributed by atoms with van der Waals surface area (Å²) in [6.07, 6.45) is 4.74. The summed E-state index contributed by atoms with van der Waals surface area (Å²) in [6, 6.07) is 7.05. The van der Waals surface area contributed by atoms with Crippen LogP contribution in [0, 0.1) is 5.41 Å². The number of hydrogen-bond donors (Lipinski definition) is 2. The molecule has 1 fully saturated rings. The van der Waals surface area contributed by atoms with Crippen LogP contribution >= 0.6 is 0 Å². The van der Waals surface area contributed by atoms with Crippen LogP contribution in [-0.4, -0.2) is 43.6 Å². The monoisotopic (exact) mass is 361 g/mol. The summed E-state index contributed by atoms with van der Waals surface area (Å²) in [4.78, 5) is 26.5. The molecule has 1 saturated carbocycles. The fraction of sp³-hybridized carbons (Fsp3) is 0.600. The molecule has 0 bridgehead atoms. The number of nitrogens with one attached hydrogen (secondary N) is 2. The molecule has 1 aliphatic carbocycles. The van der Waals surface area contributed by atoms with E-state index in [9.17, 15) is 9.59 Å². The maximum Gasteiger partial charge on any atom is 0.319 e. The molecule has 144 valence electrons. The molecule has 26 heavy (non-hydrogen) atoms. The Hall–Kier alpha value is -2.24. The standard InChI is InChI=1S/C20H31N3O3/c1-5-15(2)26-17-10-8-9-16(13-17)22-19(25)21-14-20(11-6-7-12-20)18(24)23(3)4/h8-10,13,15H,5-7,11-12,14H2,1-4H3,(H2,21,22,25)/t15-/m0/s1. The lowest BCUT2D eigenvalue weighted by molar-refractivity contribution is -0.138. The van der Waals surface area contributed by atoms with Gasteiger partial charge in [-0.2, -0.15) is 0 Å². The Balaban J connectivity index is 1.94. The summed E-state index contributed by atoms with van der Waals surface area (Å²) < 4.78 is 5.78. The second-order valence-electron chi connectivity index (χ2n) is 7.36. The van der Waals surface area contributed by atoms with E-state index in [2.05, 4.69) is 17.6 Å². The van der Waals surface area contributed by atoms with Crippen LogP contribution in [0.4, 0.5) is 10.5 Å². The van der Waals surface area contributed by atoms with Gasteiger partial charge in [-0.15, -0.1) is 0 Å². The third kappa shape index (κ3) is 5.13. The van der Waals surface area contributed by atoms with E-state index in [1.54, 1.807) is 19.0 Å². The average molecular weight is 361 g/mol. The van der Waals surface area contributed by atoms with E-state index in [0.717, 1.165) is 37.9 Å². The Morgan fingerprint density at radius 1 is 1.27 bits per heavy atom. The molecule has 0 heterocycles. The number of amides is 3. The zero-order chi connectivity index (χ0) is 19.2. The SMILES string of the molecule is CC[C@H](C)Oc1cccc(NC(=O)NCC2(C(=O)N(C)C)CCCC2)c1. The van der Waals surface area contributed by atoms with Gasteiger partial charge < -0.3 is 20.3 Å². The van der Waals surface area contributed by atoms with Crippen LogP contribution in [-0.2, 0) is 4.79 Å². The van der Waals surface area contributed by atoms with Crippen molar-refractivity contribution in [2.24, 2.45) is 5.41 Å². The van der Waals surface area contributed by atoms with Gasteiger partial charge in [-0.1, -0.05) is 25.8 Å². The average Bonchev–Trinajstić information content (AvgIpc) is 3.09. The highest BCUT2D eigenvalue weighted by Crippen LogP contribution is 2.38. The van der Waals surface area contributed by atoms with Gasteiger partial charge in [-0.3, -0.25) is 4.79 Å². The molecule has 0 spiro atoms. The molecule has 0 saturated heterocycles. The van der Waals surface area contributed by atoms with Crippen molar-refractivity contribution in [3.8, 4) is 5.75 Å². The van der Waals surface area contributed by atoms with Gasteiger partial charge >= 0.3 is 6.03 Å². The lowest BCUT2D eigenvalue weighted by atomic mass is 9.84. The highest BCUT2D eigenvalue weighted by molar-refractivity contribution is 5.90. The largest absolute Gasteiger partial charge is 0.491 e. The van der Waals surface area contributed by atoms with Gasteiger partial charge in [-0.05, 0) is 38.3 Å². The number of hydrogen-bond acceptors (Lipinski definition) is 3. The molecule has 6 heteroatoms. The van der Waals surface area contributed by atoms with Crippen molar-refractivity contribution in [3.63, 3.8) is 0 Å². The summed E-state index contributed by atoms with van der Waals surface area (Å²) in [5.41, 5.74) is 0.199. The molecule has 0 radical (unpaired) electrons. The normalized spacial score (nSPS) is 16.6. The molecule has 3 amide bonds. The van der Waals surface area contributed by atoms with Crippen molar-refractivity contribution in [1.29, 1.82) is 0 Å². The Bertz CT molecular complexity index is 624. The molecular formula is C20H31N3O3. The Morgan fingerprint density at radius 2 is 1.96 bits per heavy atom. The fourth-order valence-corrected chi connectivity index (χ4v) is 3.38. The zero-order valence-corrected chi connectivity index (χ0v) is 16.3. The number of nitrogens with zero attached hydrogens (tertiary/aromatic N) is 1. The third-order valence-corrected chi connectivity index (χ3v) is 5.01. The number of rotatable bonds is 7. The molecule has 6 nitrogen and oxygen atoms in total. The van der Waals surface area contributed by atoms with Gasteiger partial charge in [0, 0.05) is 32.4 Å². The summed E-state index contributed by atoms with van der Waals surface area (Å²) in [5, 5.41) is 5.71. The molecule has 2 N–H and O–H groups in total. The maximum absolute atomic E-state index is 12.6. The van der Waals surface area contributed by atoms with Crippen molar-refractivity contribution in [1.82, 2.24) is 10.2 Å². The fourth-order valence-electron chi connectivity index (χ4n) is 3.38. The lowest BCUT2D eigenvalue weighted by Crippen LogP contribution is -2.47. The van der Waals surface area contributed by atoms with E-state index in [4.69, 9.17) is 4.74 Å². The molecule has 0 unspecified atom stereocenters. The van der Waals surface area contributed by atoms with Gasteiger partial charge in [0.15, 0.2) is 0 Å². The predicted octanol–water partition coefficient (Wildman–Crippen LogP) is 3.63. The minimum absolute atomic E-state index is 0.0965. The molecule has 1 aliphatic rings. The smallest absolute Gasteiger partial charge is 0.319 e. The van der Waals surface area contributed by atoms with E-state index in [1.165, 1.54) is 0 Å². The molecule has 1 atom stereocenters. The van der Waals surface area contributed by atoms with Crippen molar-refractivity contribution < 1.29 is 14.3 Å². The van der Waals surface area contributed by atoms with Crippen LogP contribution in [0.1, 0.15) is 46.0 Å². The van der Waals surface area contributed by atoms with E-state index in [-0.39, 0.29) is 18.0 Å². The van der Waals surface area contributed by atoms with Crippen LogP contribution in [0.3, 0.4) is 0 Å². The van der Waals surface area contributed by atoms with Crippen LogP contribution in [0.2, 0.25) is 0 Å². The molecule has 0 aliphatic heterocycles. The van der Waals surface area contributed by atoms with Crippen molar-refractivity contribution in [3.05, 3.63) is 24.3 Å². The first-order valence-electron chi connectivity index (χ1n) is 9.39. The Labute approximate surface area is 156 Å². The summed E-state index contributed by atoms with van der Waals surface area (Å²) in [5.74, 6) is 0.825. The highest BCUT2D eigenvalue weighted by Gasteiger charge is 2.42. The van der Waals surface area contributed by atoms with Crippen molar-refractivity contribution in [2.75, 3.05) is 26.0 Å². The number of carbonyl (C=O) groups excluding carboxylic acids is 2. The number of urea groups is 1. The topological polar surface area (TPSA) is 70.7 Å². The molecule has 2 rings (SSSR count). The summed E-state index contributed by atoms with van der Waals surface area (Å²) >= 11 is 0. The first kappa shape index (κ1) is 20.1. The zero-order valence-electron chi connectivity index (χ0n) is 16.3. The van der Waals surface area contributed by atoms with Gasteiger partial charge in [0.25, 0.3) is 0 Å². The number of benzene rings is 1. The van der Waals surface area contributed by atoms with Crippen LogP contribution in [0.15, 0.2) is 24.3 Å². The van der Waals surface area contributed by atoms with Gasteiger partial charge in [0.2, 0.25) is 5.91 Å². The molecule has 0 aromatic heterocycles. The minimum Gasteiger partial charge on any atom is -0.491 e. The molecular weight excluding hydrogens is 330 g/mol. The first-order valence-corrected chi connectivity index (χ1v) is 9.39. The predicted molar refractivity (Wildman–Crippen MR) is 103 cm³/mol. The van der Waals surface area contributed by atoms with E-state index >= 15 is 0 Å². The Morgan fingerprint density at radius 3 is 2.58 bits per heavy atom. The van der Waals surface area contributed by atoms with Gasteiger partial charge in [-0.25, -0.2) is 4.79 Å². The van der Waals surface area contributed by atoms with Gasteiger partial charge in [0.1, 0.15) is 5.75 Å². The highest BCUT2D eigenvalue weighted by atomic mass is 16.5. The van der Waals surface area contributed by atoms with Crippen LogP contribution in [0.5, 0.6) is 5.75 Å². The van der Waals surface area contributed by atoms with Crippen molar-refractivity contribution in [2.45, 2.75) is 52.1 Å². The number of ether oxygens (including phenoxy) is 1. The van der Waals surface area contributed by atoms with E-state index in [0.29, 0.717) is 12.2 Å². The van der Waals surface area contributed by atoms with Crippen LogP contribution in [0.25, 0.3) is 0 Å². The second kappa shape index (κ2) is 8.92. The summed E-state index contributed by atoms with van der Waals surface area (Å²) in [6.45, 7) is 4.43. The van der Waals surface area contributed by atoms with E-state index in [1.807, 2.05) is 31.2 Å². The van der Waals surface area contributed by atoms with Crippen LogP contribution < -0.4 is 15.4 Å². The lowest BCUT2D eigenvalue weighted by Gasteiger charge is -2.30. The number of anilines is 1. The molecule has 1 aromatic rings.